The van der Waals surface area contributed by atoms with E-state index in [-0.39, 0.29) is 42.8 Å². The summed E-state index contributed by atoms with van der Waals surface area (Å²) in [4.78, 5) is 17.2. The number of nitrogens with two attached hydrogens (primary N) is 1. The van der Waals surface area contributed by atoms with Crippen LogP contribution in [0.25, 0.3) is 0 Å². The van der Waals surface area contributed by atoms with E-state index in [4.69, 9.17) is 5.73 Å². The number of unbranched alkanes of at least 4 members (excludes halogenated alkanes) is 1. The van der Waals surface area contributed by atoms with Gasteiger partial charge in [-0.05, 0) is 12.0 Å². The lowest BCUT2D eigenvalue weighted by molar-refractivity contribution is -0.143. The standard InChI is InChI=1S/C18H29N3OS.2ClH/c1-2-3-9-17-18(22)21(12-15-7-5-4-6-8-15)11-10-20(17)13-16(19)14-23;;/h4-8,16-17,23H,2-3,9-14,19H2,1H3;2*1H/t16-,17+;;/m1../s1. The second kappa shape index (κ2) is 12.8. The maximum atomic E-state index is 12.9. The molecule has 1 aliphatic rings. The summed E-state index contributed by atoms with van der Waals surface area (Å²) in [5, 5.41) is 0. The maximum Gasteiger partial charge on any atom is 0.240 e. The second-order valence-electron chi connectivity index (χ2n) is 6.34. The van der Waals surface area contributed by atoms with E-state index >= 15 is 0 Å². The second-order valence-corrected chi connectivity index (χ2v) is 6.71. The number of halogens is 2. The maximum absolute atomic E-state index is 12.9. The fraction of sp³-hybridized carbons (Fsp3) is 0.611. The van der Waals surface area contributed by atoms with E-state index in [0.29, 0.717) is 12.3 Å². The Balaban J connectivity index is 0.00000288. The van der Waals surface area contributed by atoms with Crippen molar-refractivity contribution in [3.63, 3.8) is 0 Å². The first-order chi connectivity index (χ1) is 11.2. The highest BCUT2D eigenvalue weighted by molar-refractivity contribution is 7.80. The lowest BCUT2D eigenvalue weighted by Crippen LogP contribution is -2.58. The summed E-state index contributed by atoms with van der Waals surface area (Å²) in [5.41, 5.74) is 7.25. The van der Waals surface area contributed by atoms with Crippen molar-refractivity contribution < 1.29 is 4.79 Å². The molecule has 0 aromatic heterocycles. The van der Waals surface area contributed by atoms with Crippen LogP contribution in [0.2, 0.25) is 0 Å². The molecular weight excluding hydrogens is 377 g/mol. The number of carbonyl (C=O) groups is 1. The van der Waals surface area contributed by atoms with Crippen molar-refractivity contribution in [3.05, 3.63) is 35.9 Å². The van der Waals surface area contributed by atoms with Gasteiger partial charge in [0.1, 0.15) is 0 Å². The van der Waals surface area contributed by atoms with Gasteiger partial charge in [-0.3, -0.25) is 9.69 Å². The fourth-order valence-electron chi connectivity index (χ4n) is 3.12. The third-order valence-corrected chi connectivity index (χ3v) is 4.91. The van der Waals surface area contributed by atoms with Crippen LogP contribution in [0.1, 0.15) is 31.7 Å². The minimum Gasteiger partial charge on any atom is -0.336 e. The molecule has 2 N–H and O–H groups in total. The highest BCUT2D eigenvalue weighted by Crippen LogP contribution is 2.19. The van der Waals surface area contributed by atoms with Crippen molar-refractivity contribution in [2.24, 2.45) is 5.73 Å². The average molecular weight is 408 g/mol. The molecule has 1 fully saturated rings. The van der Waals surface area contributed by atoms with Gasteiger partial charge < -0.3 is 10.6 Å². The van der Waals surface area contributed by atoms with E-state index in [2.05, 4.69) is 36.6 Å². The predicted molar refractivity (Wildman–Crippen MR) is 113 cm³/mol. The summed E-state index contributed by atoms with van der Waals surface area (Å²) in [5.74, 6) is 0.902. The van der Waals surface area contributed by atoms with Gasteiger partial charge in [0, 0.05) is 38.0 Å². The zero-order valence-electron chi connectivity index (χ0n) is 14.8. The fourth-order valence-corrected chi connectivity index (χ4v) is 3.24. The number of hydrogen-bond donors (Lipinski definition) is 2. The van der Waals surface area contributed by atoms with Crippen LogP contribution in [0.15, 0.2) is 30.3 Å². The SMILES string of the molecule is CCCC[C@H]1C(=O)N(Cc2ccccc2)CCN1C[C@@H](N)CS.Cl.Cl. The third kappa shape index (κ3) is 7.35. The number of thiol groups is 1. The van der Waals surface area contributed by atoms with E-state index < -0.39 is 0 Å². The minimum absolute atomic E-state index is 0. The first-order valence-corrected chi connectivity index (χ1v) is 9.22. The number of nitrogens with zero attached hydrogens (tertiary/aromatic N) is 2. The van der Waals surface area contributed by atoms with E-state index in [9.17, 15) is 4.79 Å². The van der Waals surface area contributed by atoms with Crippen LogP contribution < -0.4 is 5.73 Å². The Morgan fingerprint density at radius 1 is 1.24 bits per heavy atom. The molecule has 25 heavy (non-hydrogen) atoms. The lowest BCUT2D eigenvalue weighted by atomic mass is 10.0. The predicted octanol–water partition coefficient (Wildman–Crippen LogP) is 2.99. The van der Waals surface area contributed by atoms with E-state index in [1.165, 1.54) is 5.56 Å². The molecule has 0 aliphatic carbocycles. The van der Waals surface area contributed by atoms with Crippen LogP contribution in [0.3, 0.4) is 0 Å². The van der Waals surface area contributed by atoms with Gasteiger partial charge >= 0.3 is 0 Å². The van der Waals surface area contributed by atoms with E-state index in [0.717, 1.165) is 38.9 Å². The Morgan fingerprint density at radius 2 is 1.92 bits per heavy atom. The van der Waals surface area contributed by atoms with Crippen molar-refractivity contribution >= 4 is 43.4 Å². The Hall–Kier alpha value is -0.460. The largest absolute Gasteiger partial charge is 0.336 e. The van der Waals surface area contributed by atoms with Crippen molar-refractivity contribution in [2.45, 2.75) is 44.8 Å². The van der Waals surface area contributed by atoms with Gasteiger partial charge in [0.05, 0.1) is 6.04 Å². The first-order valence-electron chi connectivity index (χ1n) is 8.59. The van der Waals surface area contributed by atoms with Gasteiger partial charge in [0.2, 0.25) is 5.91 Å². The number of piperazine rings is 1. The van der Waals surface area contributed by atoms with Gasteiger partial charge in [-0.1, -0.05) is 50.1 Å². The molecule has 1 amide bonds. The Labute approximate surface area is 169 Å². The van der Waals surface area contributed by atoms with Crippen LogP contribution in [0, 0.1) is 0 Å². The molecule has 1 saturated heterocycles. The number of rotatable bonds is 8. The minimum atomic E-state index is -0.0293. The number of amides is 1. The highest BCUT2D eigenvalue weighted by Gasteiger charge is 2.34. The molecule has 0 radical (unpaired) electrons. The highest BCUT2D eigenvalue weighted by atomic mass is 35.5. The molecule has 144 valence electrons. The van der Waals surface area contributed by atoms with Crippen molar-refractivity contribution in [1.82, 2.24) is 9.80 Å². The Morgan fingerprint density at radius 3 is 2.52 bits per heavy atom. The summed E-state index contributed by atoms with van der Waals surface area (Å²) < 4.78 is 0. The van der Waals surface area contributed by atoms with Gasteiger partial charge in [-0.2, -0.15) is 12.6 Å². The van der Waals surface area contributed by atoms with Crippen LogP contribution >= 0.6 is 37.4 Å². The van der Waals surface area contributed by atoms with Crippen molar-refractivity contribution in [3.8, 4) is 0 Å². The Kier molecular flexibility index (Phi) is 12.6. The molecule has 1 aromatic rings. The van der Waals surface area contributed by atoms with Gasteiger partial charge in [0.25, 0.3) is 0 Å². The zero-order chi connectivity index (χ0) is 16.7. The van der Waals surface area contributed by atoms with Gasteiger partial charge in [-0.15, -0.1) is 24.8 Å². The molecule has 0 unspecified atom stereocenters. The van der Waals surface area contributed by atoms with Gasteiger partial charge in [-0.25, -0.2) is 0 Å². The molecular formula is C18H31Cl2N3OS. The third-order valence-electron chi connectivity index (χ3n) is 4.45. The number of hydrogen-bond acceptors (Lipinski definition) is 4. The molecule has 2 atom stereocenters. The number of carbonyl (C=O) groups excluding carboxylic acids is 1. The molecule has 1 heterocycles. The summed E-state index contributed by atoms with van der Waals surface area (Å²) in [6.45, 7) is 5.29. The quantitative estimate of drug-likeness (QED) is 0.651. The summed E-state index contributed by atoms with van der Waals surface area (Å²) in [6.07, 6.45) is 3.09. The van der Waals surface area contributed by atoms with Crippen LogP contribution in [-0.2, 0) is 11.3 Å². The molecule has 1 aliphatic heterocycles. The van der Waals surface area contributed by atoms with Gasteiger partial charge in [0.15, 0.2) is 0 Å². The molecule has 7 heteroatoms. The topological polar surface area (TPSA) is 49.6 Å². The zero-order valence-corrected chi connectivity index (χ0v) is 17.4. The molecule has 2 rings (SSSR count). The smallest absolute Gasteiger partial charge is 0.240 e. The molecule has 0 spiro atoms. The summed E-state index contributed by atoms with van der Waals surface area (Å²) in [6, 6.07) is 10.2. The van der Waals surface area contributed by atoms with Crippen LogP contribution in [0.4, 0.5) is 0 Å². The van der Waals surface area contributed by atoms with E-state index in [1.807, 2.05) is 23.1 Å². The summed E-state index contributed by atoms with van der Waals surface area (Å²) in [7, 11) is 0. The molecule has 0 saturated carbocycles. The monoisotopic (exact) mass is 407 g/mol. The molecule has 0 bridgehead atoms. The van der Waals surface area contributed by atoms with E-state index in [1.54, 1.807) is 0 Å². The van der Waals surface area contributed by atoms with Crippen LogP contribution in [-0.4, -0.2) is 53.2 Å². The Bertz CT molecular complexity index is 492. The van der Waals surface area contributed by atoms with Crippen molar-refractivity contribution in [2.75, 3.05) is 25.4 Å². The van der Waals surface area contributed by atoms with Crippen molar-refractivity contribution in [1.29, 1.82) is 0 Å². The van der Waals surface area contributed by atoms with Crippen LogP contribution in [0.5, 0.6) is 0 Å². The number of benzene rings is 1. The normalized spacial score (nSPS) is 19.1. The molecule has 4 nitrogen and oxygen atoms in total. The first kappa shape index (κ1) is 24.5. The lowest BCUT2D eigenvalue weighted by Gasteiger charge is -2.41. The molecule has 1 aromatic carbocycles. The average Bonchev–Trinajstić information content (AvgIpc) is 2.57. The summed E-state index contributed by atoms with van der Waals surface area (Å²) >= 11 is 4.27.